The van der Waals surface area contributed by atoms with Crippen LogP contribution in [0.5, 0.6) is 11.5 Å². The zero-order valence-corrected chi connectivity index (χ0v) is 12.2. The maximum absolute atomic E-state index is 11.6. The number of hydrogen-bond donors (Lipinski definition) is 1. The molecule has 0 spiro atoms. The third-order valence-electron chi connectivity index (χ3n) is 2.71. The highest BCUT2D eigenvalue weighted by Crippen LogP contribution is 2.26. The first-order valence-corrected chi connectivity index (χ1v) is 6.83. The molecule has 6 nitrogen and oxygen atoms in total. The molecule has 0 aliphatic carbocycles. The second-order valence-corrected chi connectivity index (χ2v) is 4.57. The van der Waals surface area contributed by atoms with Crippen molar-refractivity contribution in [1.29, 1.82) is 0 Å². The van der Waals surface area contributed by atoms with Crippen LogP contribution in [-0.2, 0) is 6.54 Å². The maximum atomic E-state index is 11.6. The molecule has 1 aromatic heterocycles. The van der Waals surface area contributed by atoms with E-state index in [0.29, 0.717) is 18.1 Å². The predicted octanol–water partition coefficient (Wildman–Crippen LogP) is 1.67. The molecule has 21 heavy (non-hydrogen) atoms. The van der Waals surface area contributed by atoms with Crippen LogP contribution in [0.1, 0.15) is 6.92 Å². The van der Waals surface area contributed by atoms with Gasteiger partial charge in [-0.05, 0) is 19.1 Å². The normalized spacial score (nSPS) is 10.4. The lowest BCUT2D eigenvalue weighted by atomic mass is 10.3. The average Bonchev–Trinajstić information content (AvgIpc) is 2.46. The highest BCUT2D eigenvalue weighted by molar-refractivity contribution is 6.30. The van der Waals surface area contributed by atoms with Gasteiger partial charge in [0.2, 0.25) is 0 Å². The molecular weight excluding hydrogens is 296 g/mol. The minimum atomic E-state index is -0.597. The highest BCUT2D eigenvalue weighted by atomic mass is 35.5. The smallest absolute Gasteiger partial charge is 0.328 e. The third-order valence-corrected chi connectivity index (χ3v) is 2.98. The summed E-state index contributed by atoms with van der Waals surface area (Å²) >= 11 is 5.68. The van der Waals surface area contributed by atoms with Crippen molar-refractivity contribution in [2.45, 2.75) is 13.5 Å². The molecule has 1 aromatic carbocycles. The fourth-order valence-corrected chi connectivity index (χ4v) is 1.91. The van der Waals surface area contributed by atoms with E-state index in [9.17, 15) is 9.59 Å². The van der Waals surface area contributed by atoms with Crippen LogP contribution in [-0.4, -0.2) is 22.8 Å². The topological polar surface area (TPSA) is 73.3 Å². The Bertz CT molecular complexity index is 723. The number of aromatic nitrogens is 2. The molecule has 0 saturated carbocycles. The van der Waals surface area contributed by atoms with Crippen LogP contribution in [0.3, 0.4) is 0 Å². The van der Waals surface area contributed by atoms with Gasteiger partial charge < -0.3 is 9.47 Å². The predicted molar refractivity (Wildman–Crippen MR) is 79.4 cm³/mol. The van der Waals surface area contributed by atoms with Crippen LogP contribution in [0, 0.1) is 0 Å². The van der Waals surface area contributed by atoms with Gasteiger partial charge in [0.15, 0.2) is 11.5 Å². The van der Waals surface area contributed by atoms with E-state index >= 15 is 0 Å². The van der Waals surface area contributed by atoms with Crippen molar-refractivity contribution in [3.05, 3.63) is 56.3 Å². The molecular formula is C14H15ClN2O4. The van der Waals surface area contributed by atoms with Crippen LogP contribution in [0.15, 0.2) is 40.1 Å². The molecule has 0 bridgehead atoms. The van der Waals surface area contributed by atoms with Crippen molar-refractivity contribution in [2.24, 2.45) is 0 Å². The van der Waals surface area contributed by atoms with Gasteiger partial charge in [0.25, 0.3) is 5.56 Å². The molecule has 1 N–H and O–H groups in total. The number of hydrogen-bond acceptors (Lipinski definition) is 4. The summed E-state index contributed by atoms with van der Waals surface area (Å²) in [6.45, 7) is 2.93. The van der Waals surface area contributed by atoms with E-state index in [4.69, 9.17) is 21.1 Å². The molecule has 0 saturated heterocycles. The van der Waals surface area contributed by atoms with E-state index in [1.165, 1.54) is 10.8 Å². The molecule has 112 valence electrons. The molecule has 0 aliphatic rings. The van der Waals surface area contributed by atoms with Crippen LogP contribution >= 0.6 is 11.6 Å². The number of halogens is 1. The lowest BCUT2D eigenvalue weighted by Crippen LogP contribution is -2.31. The summed E-state index contributed by atoms with van der Waals surface area (Å²) in [6, 6.07) is 7.28. The minimum Gasteiger partial charge on any atom is -0.490 e. The SMILES string of the molecule is CCOc1ccccc1OCCn1cc(Cl)c(=O)[nH]c1=O. The van der Waals surface area contributed by atoms with E-state index in [1.54, 1.807) is 6.07 Å². The number of para-hydroxylation sites is 2. The fraction of sp³-hybridized carbons (Fsp3) is 0.286. The molecule has 7 heteroatoms. The van der Waals surface area contributed by atoms with Crippen molar-refractivity contribution < 1.29 is 9.47 Å². The first-order valence-electron chi connectivity index (χ1n) is 6.45. The Labute approximate surface area is 125 Å². The van der Waals surface area contributed by atoms with Crippen LogP contribution in [0.4, 0.5) is 0 Å². The van der Waals surface area contributed by atoms with Gasteiger partial charge in [0.05, 0.1) is 13.2 Å². The Morgan fingerprint density at radius 2 is 1.86 bits per heavy atom. The van der Waals surface area contributed by atoms with Crippen molar-refractivity contribution in [3.8, 4) is 11.5 Å². The highest BCUT2D eigenvalue weighted by Gasteiger charge is 2.05. The molecule has 0 fully saturated rings. The number of H-pyrrole nitrogens is 1. The molecule has 1 heterocycles. The number of benzene rings is 1. The van der Waals surface area contributed by atoms with Gasteiger partial charge >= 0.3 is 5.69 Å². The molecule has 0 unspecified atom stereocenters. The average molecular weight is 311 g/mol. The van der Waals surface area contributed by atoms with E-state index < -0.39 is 11.2 Å². The molecule has 2 aromatic rings. The monoisotopic (exact) mass is 310 g/mol. The lowest BCUT2D eigenvalue weighted by molar-refractivity contribution is 0.265. The number of ether oxygens (including phenoxy) is 2. The Morgan fingerprint density at radius 3 is 2.52 bits per heavy atom. The Hall–Kier alpha value is -2.21. The second kappa shape index (κ2) is 6.99. The molecule has 0 aliphatic heterocycles. The summed E-state index contributed by atoms with van der Waals surface area (Å²) in [6.07, 6.45) is 1.29. The van der Waals surface area contributed by atoms with Crippen LogP contribution < -0.4 is 20.7 Å². The molecule has 2 rings (SSSR count). The Balaban J connectivity index is 2.04. The second-order valence-electron chi connectivity index (χ2n) is 4.16. The van der Waals surface area contributed by atoms with Crippen molar-refractivity contribution in [3.63, 3.8) is 0 Å². The van der Waals surface area contributed by atoms with Gasteiger partial charge in [0.1, 0.15) is 11.6 Å². The maximum Gasteiger partial charge on any atom is 0.328 e. The largest absolute Gasteiger partial charge is 0.490 e. The van der Waals surface area contributed by atoms with Gasteiger partial charge in [0, 0.05) is 6.20 Å². The Kier molecular flexibility index (Phi) is 5.05. The van der Waals surface area contributed by atoms with E-state index in [1.807, 2.05) is 25.1 Å². The van der Waals surface area contributed by atoms with E-state index in [2.05, 4.69) is 4.98 Å². The zero-order chi connectivity index (χ0) is 15.2. The Morgan fingerprint density at radius 1 is 1.19 bits per heavy atom. The van der Waals surface area contributed by atoms with Crippen molar-refractivity contribution >= 4 is 11.6 Å². The standard InChI is InChI=1S/C14H15ClN2O4/c1-2-20-11-5-3-4-6-12(11)21-8-7-17-9-10(15)13(18)16-14(17)19/h3-6,9H,2,7-8H2,1H3,(H,16,18,19). The summed E-state index contributed by atoms with van der Waals surface area (Å²) in [5, 5.41) is -0.0377. The fourth-order valence-electron chi connectivity index (χ4n) is 1.75. The first-order chi connectivity index (χ1) is 10.1. The summed E-state index contributed by atoms with van der Waals surface area (Å²) < 4.78 is 12.3. The van der Waals surface area contributed by atoms with Crippen molar-refractivity contribution in [1.82, 2.24) is 9.55 Å². The zero-order valence-electron chi connectivity index (χ0n) is 11.5. The summed E-state index contributed by atoms with van der Waals surface area (Å²) in [5.74, 6) is 1.25. The molecule has 0 atom stereocenters. The summed E-state index contributed by atoms with van der Waals surface area (Å²) in [4.78, 5) is 24.9. The number of aromatic amines is 1. The van der Waals surface area contributed by atoms with Crippen LogP contribution in [0.25, 0.3) is 0 Å². The van der Waals surface area contributed by atoms with Gasteiger partial charge in [-0.1, -0.05) is 23.7 Å². The number of nitrogens with one attached hydrogen (secondary N) is 1. The van der Waals surface area contributed by atoms with Crippen molar-refractivity contribution in [2.75, 3.05) is 13.2 Å². The summed E-state index contributed by atoms with van der Waals surface area (Å²) in [7, 11) is 0. The van der Waals surface area contributed by atoms with Gasteiger partial charge in [-0.3, -0.25) is 14.3 Å². The molecule has 0 radical (unpaired) electrons. The quantitative estimate of drug-likeness (QED) is 0.881. The third kappa shape index (κ3) is 3.88. The number of nitrogens with zero attached hydrogens (tertiary/aromatic N) is 1. The van der Waals surface area contributed by atoms with Gasteiger partial charge in [-0.15, -0.1) is 0 Å². The lowest BCUT2D eigenvalue weighted by Gasteiger charge is -2.12. The minimum absolute atomic E-state index is 0.0377. The van der Waals surface area contributed by atoms with Gasteiger partial charge in [-0.2, -0.15) is 0 Å². The summed E-state index contributed by atoms with van der Waals surface area (Å²) in [5.41, 5.74) is -1.12. The first kappa shape index (κ1) is 15.2. The van der Waals surface area contributed by atoms with E-state index in [-0.39, 0.29) is 18.2 Å². The van der Waals surface area contributed by atoms with Crippen LogP contribution in [0.2, 0.25) is 5.02 Å². The number of rotatable bonds is 6. The molecule has 0 amide bonds. The van der Waals surface area contributed by atoms with E-state index in [0.717, 1.165) is 0 Å². The van der Waals surface area contributed by atoms with Gasteiger partial charge in [-0.25, -0.2) is 4.79 Å².